The molecule has 0 aliphatic rings. The van der Waals surface area contributed by atoms with E-state index in [0.717, 1.165) is 12.1 Å². The van der Waals surface area contributed by atoms with Gasteiger partial charge in [0.05, 0.1) is 27.7 Å². The number of nitrogens with one attached hydrogen (secondary N) is 1. The van der Waals surface area contributed by atoms with Crippen LogP contribution < -0.4 is 11.1 Å². The minimum Gasteiger partial charge on any atom is -0.364 e. The van der Waals surface area contributed by atoms with Gasteiger partial charge in [-0.3, -0.25) is 9.59 Å². The van der Waals surface area contributed by atoms with Gasteiger partial charge in [0.2, 0.25) is 0 Å². The smallest absolute Gasteiger partial charge is 0.364 e. The van der Waals surface area contributed by atoms with Crippen molar-refractivity contribution in [3.05, 3.63) is 51.6 Å². The van der Waals surface area contributed by atoms with E-state index in [1.54, 1.807) is 13.8 Å². The van der Waals surface area contributed by atoms with Crippen LogP contribution >= 0.6 is 11.6 Å². The van der Waals surface area contributed by atoms with Crippen LogP contribution in [0.2, 0.25) is 5.02 Å². The van der Waals surface area contributed by atoms with Crippen LogP contribution in [-0.2, 0) is 6.18 Å². The third-order valence-corrected chi connectivity index (χ3v) is 3.63. The Hall–Kier alpha value is -2.68. The number of primary amides is 1. The maximum Gasteiger partial charge on any atom is 0.416 e. The summed E-state index contributed by atoms with van der Waals surface area (Å²) in [7, 11) is 0. The molecule has 0 spiro atoms. The van der Waals surface area contributed by atoms with E-state index in [-0.39, 0.29) is 16.4 Å². The van der Waals surface area contributed by atoms with Crippen LogP contribution in [0.1, 0.15) is 37.9 Å². The Morgan fingerprint density at radius 2 is 1.68 bits per heavy atom. The number of aryl methyl sites for hydroxylation is 2. The van der Waals surface area contributed by atoms with Crippen molar-refractivity contribution in [2.75, 3.05) is 5.32 Å². The van der Waals surface area contributed by atoms with E-state index in [0.29, 0.717) is 17.5 Å². The van der Waals surface area contributed by atoms with E-state index in [1.807, 2.05) is 0 Å². The number of carbonyl (C=O) groups excluding carboxylic acids is 2. The molecule has 25 heavy (non-hydrogen) atoms. The van der Waals surface area contributed by atoms with E-state index < -0.39 is 29.2 Å². The standard InChI is InChI=1S/C15H12ClF3N4O2/c1-6-7(2)22-12(11(21-6)13(20)24)14(25)23-10-5-8(15(17,18)19)3-4-9(10)16/h3-5H,1-2H3,(H2,20,24)(H,23,25). The number of halogens is 4. The van der Waals surface area contributed by atoms with E-state index in [9.17, 15) is 22.8 Å². The molecule has 0 atom stereocenters. The fourth-order valence-electron chi connectivity index (χ4n) is 1.91. The lowest BCUT2D eigenvalue weighted by Crippen LogP contribution is -2.25. The lowest BCUT2D eigenvalue weighted by atomic mass is 10.2. The third-order valence-electron chi connectivity index (χ3n) is 3.30. The molecule has 6 nitrogen and oxygen atoms in total. The Balaban J connectivity index is 2.44. The van der Waals surface area contributed by atoms with Crippen molar-refractivity contribution < 1.29 is 22.8 Å². The van der Waals surface area contributed by atoms with Crippen molar-refractivity contribution in [3.8, 4) is 0 Å². The quantitative estimate of drug-likeness (QED) is 0.864. The summed E-state index contributed by atoms with van der Waals surface area (Å²) in [5.74, 6) is -1.94. The molecule has 1 aromatic heterocycles. The zero-order valence-corrected chi connectivity index (χ0v) is 13.8. The molecule has 0 aliphatic carbocycles. The fraction of sp³-hybridized carbons (Fsp3) is 0.200. The molecular formula is C15H12ClF3N4O2. The van der Waals surface area contributed by atoms with Gasteiger partial charge in [0, 0.05) is 0 Å². The highest BCUT2D eigenvalue weighted by Crippen LogP contribution is 2.34. The molecular weight excluding hydrogens is 361 g/mol. The molecule has 0 bridgehead atoms. The fourth-order valence-corrected chi connectivity index (χ4v) is 2.08. The molecule has 0 unspecified atom stereocenters. The van der Waals surface area contributed by atoms with Crippen LogP contribution in [0.25, 0.3) is 0 Å². The summed E-state index contributed by atoms with van der Waals surface area (Å²) in [5.41, 5.74) is 3.88. The van der Waals surface area contributed by atoms with Crippen molar-refractivity contribution in [3.63, 3.8) is 0 Å². The first-order valence-electron chi connectivity index (χ1n) is 6.84. The number of hydrogen-bond donors (Lipinski definition) is 2. The lowest BCUT2D eigenvalue weighted by molar-refractivity contribution is -0.137. The molecule has 132 valence electrons. The highest BCUT2D eigenvalue weighted by Gasteiger charge is 2.31. The second-order valence-corrected chi connectivity index (χ2v) is 5.51. The summed E-state index contributed by atoms with van der Waals surface area (Å²) in [6.45, 7) is 3.13. The van der Waals surface area contributed by atoms with Crippen LogP contribution in [-0.4, -0.2) is 21.8 Å². The minimum atomic E-state index is -4.61. The van der Waals surface area contributed by atoms with Gasteiger partial charge in [0.15, 0.2) is 11.4 Å². The van der Waals surface area contributed by atoms with Crippen molar-refractivity contribution >= 4 is 29.1 Å². The SMILES string of the molecule is Cc1nc(C(N)=O)c(C(=O)Nc2cc(C(F)(F)F)ccc2Cl)nc1C. The van der Waals surface area contributed by atoms with Crippen LogP contribution in [0.5, 0.6) is 0 Å². The van der Waals surface area contributed by atoms with Crippen LogP contribution in [0, 0.1) is 13.8 Å². The summed E-state index contributed by atoms with van der Waals surface area (Å²) in [6, 6.07) is 2.46. The van der Waals surface area contributed by atoms with Gasteiger partial charge in [0.25, 0.3) is 11.8 Å². The molecule has 0 saturated carbocycles. The number of nitrogens with two attached hydrogens (primary N) is 1. The Labute approximate surface area is 145 Å². The van der Waals surface area contributed by atoms with Crippen molar-refractivity contribution in [1.82, 2.24) is 9.97 Å². The van der Waals surface area contributed by atoms with Crippen LogP contribution in [0.3, 0.4) is 0 Å². The number of benzene rings is 1. The third kappa shape index (κ3) is 4.05. The summed E-state index contributed by atoms with van der Waals surface area (Å²) in [5, 5.41) is 2.09. The average molecular weight is 373 g/mol. The largest absolute Gasteiger partial charge is 0.416 e. The molecule has 0 radical (unpaired) electrons. The Morgan fingerprint density at radius 1 is 1.12 bits per heavy atom. The maximum atomic E-state index is 12.8. The zero-order chi connectivity index (χ0) is 18.9. The first-order chi connectivity index (χ1) is 11.5. The Bertz CT molecular complexity index is 869. The molecule has 0 fully saturated rings. The molecule has 0 saturated heterocycles. The Morgan fingerprint density at radius 3 is 2.20 bits per heavy atom. The molecule has 0 aliphatic heterocycles. The molecule has 1 aromatic carbocycles. The number of alkyl halides is 3. The number of aromatic nitrogens is 2. The second-order valence-electron chi connectivity index (χ2n) is 5.10. The summed E-state index contributed by atoms with van der Waals surface area (Å²) >= 11 is 5.83. The van der Waals surface area contributed by atoms with Gasteiger partial charge in [-0.25, -0.2) is 9.97 Å². The zero-order valence-electron chi connectivity index (χ0n) is 13.0. The molecule has 2 amide bonds. The number of amides is 2. The monoisotopic (exact) mass is 372 g/mol. The minimum absolute atomic E-state index is 0.112. The van der Waals surface area contributed by atoms with Gasteiger partial charge in [-0.2, -0.15) is 13.2 Å². The Kier molecular flexibility index (Phi) is 4.98. The number of nitrogens with zero attached hydrogens (tertiary/aromatic N) is 2. The molecule has 10 heteroatoms. The van der Waals surface area contributed by atoms with Gasteiger partial charge in [-0.05, 0) is 32.0 Å². The first-order valence-corrected chi connectivity index (χ1v) is 7.21. The predicted octanol–water partition coefficient (Wildman–Crippen LogP) is 3.12. The normalized spacial score (nSPS) is 11.3. The first kappa shape index (κ1) is 18.7. The maximum absolute atomic E-state index is 12.8. The summed E-state index contributed by atoms with van der Waals surface area (Å²) < 4.78 is 38.4. The van der Waals surface area contributed by atoms with E-state index in [4.69, 9.17) is 17.3 Å². The van der Waals surface area contributed by atoms with Crippen LogP contribution in [0.4, 0.5) is 18.9 Å². The average Bonchev–Trinajstić information content (AvgIpc) is 2.50. The van der Waals surface area contributed by atoms with Gasteiger partial charge >= 0.3 is 6.18 Å². The van der Waals surface area contributed by atoms with Crippen LogP contribution in [0.15, 0.2) is 18.2 Å². The van der Waals surface area contributed by atoms with Crippen molar-refractivity contribution in [2.45, 2.75) is 20.0 Å². The predicted molar refractivity (Wildman–Crippen MR) is 84.4 cm³/mol. The summed E-state index contributed by atoms with van der Waals surface area (Å²) in [4.78, 5) is 31.7. The van der Waals surface area contributed by atoms with Gasteiger partial charge in [0.1, 0.15) is 0 Å². The highest BCUT2D eigenvalue weighted by molar-refractivity contribution is 6.34. The van der Waals surface area contributed by atoms with Crippen molar-refractivity contribution in [2.24, 2.45) is 5.73 Å². The van der Waals surface area contributed by atoms with Gasteiger partial charge in [-0.1, -0.05) is 11.6 Å². The number of hydrogen-bond acceptors (Lipinski definition) is 4. The second kappa shape index (κ2) is 6.67. The van der Waals surface area contributed by atoms with Gasteiger partial charge < -0.3 is 11.1 Å². The number of carbonyl (C=O) groups is 2. The number of rotatable bonds is 3. The van der Waals surface area contributed by atoms with Gasteiger partial charge in [-0.15, -0.1) is 0 Å². The topological polar surface area (TPSA) is 98.0 Å². The van der Waals surface area contributed by atoms with E-state index in [1.165, 1.54) is 0 Å². The van der Waals surface area contributed by atoms with Crippen molar-refractivity contribution in [1.29, 1.82) is 0 Å². The molecule has 2 aromatic rings. The van der Waals surface area contributed by atoms with E-state index >= 15 is 0 Å². The molecule has 3 N–H and O–H groups in total. The lowest BCUT2D eigenvalue weighted by Gasteiger charge is -2.13. The number of anilines is 1. The molecule has 1 heterocycles. The molecule has 2 rings (SSSR count). The van der Waals surface area contributed by atoms with E-state index in [2.05, 4.69) is 15.3 Å². The summed E-state index contributed by atoms with van der Waals surface area (Å²) in [6.07, 6.45) is -4.61. The highest BCUT2D eigenvalue weighted by atomic mass is 35.5.